The molecule has 4 nitrogen and oxygen atoms in total. The average molecular weight is 191 g/mol. The molecule has 0 saturated heterocycles. The maximum absolute atomic E-state index is 5.65. The zero-order valence-electron chi connectivity index (χ0n) is 5.84. The molecule has 0 spiro atoms. The number of nitrogens with two attached hydrogens (primary N) is 1. The van der Waals surface area contributed by atoms with Crippen molar-refractivity contribution < 1.29 is 0 Å². The first-order valence-corrected chi connectivity index (χ1v) is 4.41. The lowest BCUT2D eigenvalue weighted by atomic mass is 10.6. The van der Waals surface area contributed by atoms with Crippen molar-refractivity contribution in [1.82, 2.24) is 9.97 Å². The first-order chi connectivity index (χ1) is 5.26. The summed E-state index contributed by atoms with van der Waals surface area (Å²) in [4.78, 5) is 7.92. The Morgan fingerprint density at radius 1 is 1.64 bits per heavy atom. The fraction of sp³-hybridized carbons (Fsp3) is 0.200. The third-order valence-corrected chi connectivity index (χ3v) is 1.75. The fourth-order valence-corrected chi connectivity index (χ4v) is 1.17. The third kappa shape index (κ3) is 2.21. The van der Waals surface area contributed by atoms with Crippen molar-refractivity contribution in [2.45, 2.75) is 5.16 Å². The highest BCUT2D eigenvalue weighted by atomic mass is 35.5. The molecule has 60 valence electrons. The molecular formula is C5H7ClN4S. The van der Waals surface area contributed by atoms with Gasteiger partial charge in [0.25, 0.3) is 0 Å². The smallest absolute Gasteiger partial charge is 0.190 e. The largest absolute Gasteiger partial charge is 0.308 e. The highest BCUT2D eigenvalue weighted by molar-refractivity contribution is 7.98. The lowest BCUT2D eigenvalue weighted by Crippen LogP contribution is -2.09. The van der Waals surface area contributed by atoms with Crippen molar-refractivity contribution >= 4 is 29.2 Å². The Morgan fingerprint density at radius 3 is 2.91 bits per heavy atom. The van der Waals surface area contributed by atoms with Gasteiger partial charge in [-0.2, -0.15) is 0 Å². The molecule has 0 aliphatic carbocycles. The van der Waals surface area contributed by atoms with E-state index in [-0.39, 0.29) is 0 Å². The molecule has 0 unspecified atom stereocenters. The maximum atomic E-state index is 5.65. The lowest BCUT2D eigenvalue weighted by Gasteiger charge is -2.00. The van der Waals surface area contributed by atoms with E-state index < -0.39 is 0 Å². The summed E-state index contributed by atoms with van der Waals surface area (Å²) in [6.07, 6.45) is 1.87. The van der Waals surface area contributed by atoms with Gasteiger partial charge in [0.15, 0.2) is 5.16 Å². The van der Waals surface area contributed by atoms with Crippen molar-refractivity contribution in [3.05, 3.63) is 11.2 Å². The van der Waals surface area contributed by atoms with Crippen LogP contribution < -0.4 is 11.3 Å². The van der Waals surface area contributed by atoms with Crippen molar-refractivity contribution in [1.29, 1.82) is 0 Å². The van der Waals surface area contributed by atoms with Gasteiger partial charge in [0.1, 0.15) is 11.0 Å². The molecular weight excluding hydrogens is 184 g/mol. The highest BCUT2D eigenvalue weighted by Crippen LogP contribution is 2.15. The zero-order valence-corrected chi connectivity index (χ0v) is 7.41. The summed E-state index contributed by atoms with van der Waals surface area (Å²) < 4.78 is 0. The topological polar surface area (TPSA) is 63.8 Å². The molecule has 6 heteroatoms. The van der Waals surface area contributed by atoms with Gasteiger partial charge in [0, 0.05) is 6.07 Å². The predicted molar refractivity (Wildman–Crippen MR) is 46.6 cm³/mol. The van der Waals surface area contributed by atoms with Crippen molar-refractivity contribution in [2.24, 2.45) is 5.84 Å². The van der Waals surface area contributed by atoms with Crippen LogP contribution in [0.1, 0.15) is 0 Å². The Hall–Kier alpha value is -0.520. The summed E-state index contributed by atoms with van der Waals surface area (Å²) in [7, 11) is 0. The predicted octanol–water partition coefficient (Wildman–Crippen LogP) is 1.14. The van der Waals surface area contributed by atoms with Crippen LogP contribution in [0.2, 0.25) is 5.15 Å². The molecule has 0 radical (unpaired) electrons. The van der Waals surface area contributed by atoms with Crippen molar-refractivity contribution in [3.8, 4) is 0 Å². The minimum absolute atomic E-state index is 0.386. The van der Waals surface area contributed by atoms with Crippen LogP contribution in [0.4, 0.5) is 5.82 Å². The van der Waals surface area contributed by atoms with Crippen LogP contribution in [0.15, 0.2) is 11.2 Å². The van der Waals surface area contributed by atoms with E-state index in [9.17, 15) is 0 Å². The number of aromatic nitrogens is 2. The fourth-order valence-electron chi connectivity index (χ4n) is 0.562. The molecule has 11 heavy (non-hydrogen) atoms. The zero-order chi connectivity index (χ0) is 8.27. The number of nitrogens with zero attached hydrogens (tertiary/aromatic N) is 2. The Kier molecular flexibility index (Phi) is 2.92. The highest BCUT2D eigenvalue weighted by Gasteiger charge is 1.99. The third-order valence-electron chi connectivity index (χ3n) is 1.00. The monoisotopic (exact) mass is 190 g/mol. The van der Waals surface area contributed by atoms with E-state index in [4.69, 9.17) is 17.4 Å². The van der Waals surface area contributed by atoms with Crippen molar-refractivity contribution in [2.75, 3.05) is 11.7 Å². The number of rotatable bonds is 2. The van der Waals surface area contributed by atoms with Gasteiger partial charge in [-0.3, -0.25) is 0 Å². The molecule has 0 amide bonds. The van der Waals surface area contributed by atoms with E-state index in [0.717, 1.165) is 0 Å². The Morgan fingerprint density at radius 2 is 2.36 bits per heavy atom. The molecule has 1 aromatic heterocycles. The number of nitrogens with one attached hydrogen (secondary N) is 1. The van der Waals surface area contributed by atoms with E-state index in [1.807, 2.05) is 6.26 Å². The summed E-state index contributed by atoms with van der Waals surface area (Å²) >= 11 is 7.06. The molecule has 3 N–H and O–H groups in total. The molecule has 0 aliphatic rings. The SMILES string of the molecule is CSc1nc(Cl)cc(NN)n1. The summed E-state index contributed by atoms with van der Waals surface area (Å²) in [5, 5.41) is 0.989. The molecule has 0 atom stereocenters. The average Bonchev–Trinajstić information content (AvgIpc) is 2.03. The standard InChI is InChI=1S/C5H7ClN4S/c1-11-5-8-3(6)2-4(9-5)10-7/h2H,7H2,1H3,(H,8,9,10). The molecule has 0 saturated carbocycles. The molecule has 1 aromatic rings. The molecule has 1 heterocycles. The van der Waals surface area contributed by atoms with Gasteiger partial charge in [-0.15, -0.1) is 0 Å². The van der Waals surface area contributed by atoms with E-state index in [2.05, 4.69) is 15.4 Å². The van der Waals surface area contributed by atoms with Crippen LogP contribution in [-0.4, -0.2) is 16.2 Å². The van der Waals surface area contributed by atoms with Gasteiger partial charge >= 0.3 is 0 Å². The van der Waals surface area contributed by atoms with Crippen LogP contribution in [0.25, 0.3) is 0 Å². The van der Waals surface area contributed by atoms with E-state index in [0.29, 0.717) is 16.1 Å². The van der Waals surface area contributed by atoms with E-state index in [1.54, 1.807) is 6.07 Å². The van der Waals surface area contributed by atoms with Gasteiger partial charge in [-0.05, 0) is 6.26 Å². The maximum Gasteiger partial charge on any atom is 0.190 e. The molecule has 0 bridgehead atoms. The number of anilines is 1. The molecule has 0 aliphatic heterocycles. The summed E-state index contributed by atoms with van der Waals surface area (Å²) in [6, 6.07) is 1.56. The second-order valence-corrected chi connectivity index (χ2v) is 2.87. The first-order valence-electron chi connectivity index (χ1n) is 2.81. The Bertz CT molecular complexity index is 232. The van der Waals surface area contributed by atoms with Crippen LogP contribution in [0.3, 0.4) is 0 Å². The Balaban J connectivity index is 3.02. The number of halogens is 1. The minimum atomic E-state index is 0.386. The number of nitrogen functional groups attached to an aromatic ring is 1. The number of hydrogen-bond donors (Lipinski definition) is 2. The molecule has 0 aromatic carbocycles. The second-order valence-electron chi connectivity index (χ2n) is 1.71. The second kappa shape index (κ2) is 3.75. The summed E-state index contributed by atoms with van der Waals surface area (Å²) in [5.41, 5.74) is 2.39. The van der Waals surface area contributed by atoms with Crippen molar-refractivity contribution in [3.63, 3.8) is 0 Å². The van der Waals surface area contributed by atoms with Gasteiger partial charge in [0.2, 0.25) is 0 Å². The number of hydrogen-bond acceptors (Lipinski definition) is 5. The normalized spacial score (nSPS) is 9.73. The Labute approximate surface area is 73.5 Å². The number of thioether (sulfide) groups is 1. The molecule has 1 rings (SSSR count). The van der Waals surface area contributed by atoms with E-state index >= 15 is 0 Å². The van der Waals surface area contributed by atoms with Gasteiger partial charge in [-0.1, -0.05) is 23.4 Å². The van der Waals surface area contributed by atoms with Gasteiger partial charge < -0.3 is 5.43 Å². The minimum Gasteiger partial charge on any atom is -0.308 e. The first kappa shape index (κ1) is 8.58. The lowest BCUT2D eigenvalue weighted by molar-refractivity contribution is 0.967. The quantitative estimate of drug-likeness (QED) is 0.241. The van der Waals surface area contributed by atoms with Gasteiger partial charge in [-0.25, -0.2) is 15.8 Å². The van der Waals surface area contributed by atoms with Crippen LogP contribution >= 0.6 is 23.4 Å². The van der Waals surface area contributed by atoms with E-state index in [1.165, 1.54) is 11.8 Å². The summed E-state index contributed by atoms with van der Waals surface area (Å²) in [5.74, 6) is 5.66. The summed E-state index contributed by atoms with van der Waals surface area (Å²) in [6.45, 7) is 0. The number of hydrazine groups is 1. The van der Waals surface area contributed by atoms with Crippen LogP contribution in [0.5, 0.6) is 0 Å². The van der Waals surface area contributed by atoms with Crippen LogP contribution in [-0.2, 0) is 0 Å². The van der Waals surface area contributed by atoms with Gasteiger partial charge in [0.05, 0.1) is 0 Å². The van der Waals surface area contributed by atoms with Crippen LogP contribution in [0, 0.1) is 0 Å². The molecule has 0 fully saturated rings.